The van der Waals surface area contributed by atoms with Crippen molar-refractivity contribution in [3.05, 3.63) is 12.4 Å². The molecule has 1 aromatic heterocycles. The number of aromatic nitrogens is 2. The Morgan fingerprint density at radius 2 is 1.86 bits per heavy atom. The number of piperidine rings is 1. The average molecular weight is 435 g/mol. The van der Waals surface area contributed by atoms with Crippen molar-refractivity contribution < 1.29 is 9.59 Å². The van der Waals surface area contributed by atoms with Gasteiger partial charge in [0.1, 0.15) is 6.54 Å². The highest BCUT2D eigenvalue weighted by Gasteiger charge is 2.19. The van der Waals surface area contributed by atoms with Crippen LogP contribution in [-0.4, -0.2) is 77.7 Å². The second kappa shape index (κ2) is 12.3. The van der Waals surface area contributed by atoms with Crippen LogP contribution in [0.15, 0.2) is 12.4 Å². The van der Waals surface area contributed by atoms with Crippen LogP contribution in [0.2, 0.25) is 0 Å². The molecule has 0 aliphatic carbocycles. The molecular formula is C18H32Cl2N6O2. The monoisotopic (exact) mass is 434 g/mol. The van der Waals surface area contributed by atoms with Crippen LogP contribution >= 0.6 is 24.8 Å². The second-order valence-electron chi connectivity index (χ2n) is 7.39. The van der Waals surface area contributed by atoms with Gasteiger partial charge < -0.3 is 20.4 Å². The molecule has 2 fully saturated rings. The number of hydrogen-bond acceptors (Lipinski definition) is 5. The fraction of sp³-hybridized carbons (Fsp3) is 0.722. The van der Waals surface area contributed by atoms with Gasteiger partial charge in [0, 0.05) is 38.8 Å². The maximum absolute atomic E-state index is 12.3. The van der Waals surface area contributed by atoms with Crippen LogP contribution in [0.1, 0.15) is 25.7 Å². The number of anilines is 1. The van der Waals surface area contributed by atoms with E-state index in [4.69, 9.17) is 0 Å². The minimum Gasteiger partial charge on any atom is -0.339 e. The molecule has 0 unspecified atom stereocenters. The smallest absolute Gasteiger partial charge is 0.244 e. The normalized spacial score (nSPS) is 18.1. The third kappa shape index (κ3) is 7.58. The molecule has 3 rings (SSSR count). The summed E-state index contributed by atoms with van der Waals surface area (Å²) in [7, 11) is 2.06. The molecule has 2 saturated heterocycles. The molecule has 0 radical (unpaired) electrons. The largest absolute Gasteiger partial charge is 0.339 e. The lowest BCUT2D eigenvalue weighted by Crippen LogP contribution is -2.48. The molecule has 2 amide bonds. The van der Waals surface area contributed by atoms with E-state index in [1.807, 2.05) is 4.90 Å². The molecule has 0 bridgehead atoms. The second-order valence-corrected chi connectivity index (χ2v) is 7.39. The Hall–Kier alpha value is -1.35. The van der Waals surface area contributed by atoms with Crippen LogP contribution < -0.4 is 10.6 Å². The minimum atomic E-state index is 0. The molecule has 0 saturated carbocycles. The van der Waals surface area contributed by atoms with Gasteiger partial charge in [-0.25, -0.2) is 0 Å². The van der Waals surface area contributed by atoms with Gasteiger partial charge in [0.2, 0.25) is 11.8 Å². The first-order valence-electron chi connectivity index (χ1n) is 9.59. The Morgan fingerprint density at radius 3 is 2.54 bits per heavy atom. The molecule has 1 aromatic rings. The quantitative estimate of drug-likeness (QED) is 0.702. The van der Waals surface area contributed by atoms with Crippen LogP contribution in [0, 0.1) is 5.92 Å². The Morgan fingerprint density at radius 1 is 1.18 bits per heavy atom. The Labute approximate surface area is 179 Å². The zero-order valence-electron chi connectivity index (χ0n) is 16.4. The van der Waals surface area contributed by atoms with Crippen molar-refractivity contribution >= 4 is 42.3 Å². The van der Waals surface area contributed by atoms with Gasteiger partial charge in [-0.05, 0) is 45.3 Å². The summed E-state index contributed by atoms with van der Waals surface area (Å²) in [5.41, 5.74) is 0.659. The Balaban J connectivity index is 0.00000196. The predicted octanol–water partition coefficient (Wildman–Crippen LogP) is 1.22. The Bertz CT molecular complexity index is 613. The van der Waals surface area contributed by atoms with Gasteiger partial charge in [-0.2, -0.15) is 5.10 Å². The number of likely N-dealkylation sites (N-methyl/N-ethyl adjacent to an activating group) is 1. The summed E-state index contributed by atoms with van der Waals surface area (Å²) in [4.78, 5) is 28.5. The number of rotatable bonds is 6. The number of nitrogens with one attached hydrogen (secondary N) is 2. The molecule has 0 spiro atoms. The van der Waals surface area contributed by atoms with Gasteiger partial charge in [0.05, 0.1) is 11.9 Å². The molecule has 2 aliphatic heterocycles. The molecule has 2 aliphatic rings. The van der Waals surface area contributed by atoms with E-state index >= 15 is 0 Å². The SMILES string of the molecule is CN1CCN(C(=O)Cn2cc(NC(=O)CCC3CCNCC3)cn2)CC1.Cl.Cl. The highest BCUT2D eigenvalue weighted by atomic mass is 35.5. The molecule has 10 heteroatoms. The van der Waals surface area contributed by atoms with E-state index in [1.165, 1.54) is 0 Å². The van der Waals surface area contributed by atoms with Gasteiger partial charge in [0.25, 0.3) is 0 Å². The number of amides is 2. The fourth-order valence-corrected chi connectivity index (χ4v) is 3.54. The van der Waals surface area contributed by atoms with Crippen molar-refractivity contribution in [2.45, 2.75) is 32.2 Å². The summed E-state index contributed by atoms with van der Waals surface area (Å²) in [5.74, 6) is 0.740. The third-order valence-electron chi connectivity index (χ3n) is 5.31. The van der Waals surface area contributed by atoms with Crippen LogP contribution in [0.5, 0.6) is 0 Å². The van der Waals surface area contributed by atoms with Crippen LogP contribution in [0.25, 0.3) is 0 Å². The number of piperazine rings is 1. The first-order valence-corrected chi connectivity index (χ1v) is 9.59. The van der Waals surface area contributed by atoms with E-state index in [1.54, 1.807) is 17.1 Å². The maximum Gasteiger partial charge on any atom is 0.244 e. The summed E-state index contributed by atoms with van der Waals surface area (Å²) in [6.45, 7) is 5.66. The molecule has 160 valence electrons. The van der Waals surface area contributed by atoms with E-state index in [-0.39, 0.29) is 43.2 Å². The summed E-state index contributed by atoms with van der Waals surface area (Å²) in [5, 5.41) is 10.4. The summed E-state index contributed by atoms with van der Waals surface area (Å²) >= 11 is 0. The van der Waals surface area contributed by atoms with Crippen molar-refractivity contribution in [2.24, 2.45) is 5.92 Å². The Kier molecular flexibility index (Phi) is 10.8. The lowest BCUT2D eigenvalue weighted by atomic mass is 9.93. The van der Waals surface area contributed by atoms with Gasteiger partial charge in [-0.3, -0.25) is 14.3 Å². The first kappa shape index (κ1) is 24.7. The van der Waals surface area contributed by atoms with E-state index in [0.29, 0.717) is 18.0 Å². The van der Waals surface area contributed by atoms with E-state index in [9.17, 15) is 9.59 Å². The highest BCUT2D eigenvalue weighted by Crippen LogP contribution is 2.18. The van der Waals surface area contributed by atoms with Crippen molar-refractivity contribution in [3.8, 4) is 0 Å². The van der Waals surface area contributed by atoms with Crippen LogP contribution in [-0.2, 0) is 16.1 Å². The lowest BCUT2D eigenvalue weighted by molar-refractivity contribution is -0.133. The molecule has 28 heavy (non-hydrogen) atoms. The van der Waals surface area contributed by atoms with Crippen LogP contribution in [0.3, 0.4) is 0 Å². The fourth-order valence-electron chi connectivity index (χ4n) is 3.54. The van der Waals surface area contributed by atoms with Crippen molar-refractivity contribution in [1.82, 2.24) is 24.9 Å². The molecule has 3 heterocycles. The van der Waals surface area contributed by atoms with Crippen molar-refractivity contribution in [1.29, 1.82) is 0 Å². The average Bonchev–Trinajstić information content (AvgIpc) is 3.08. The first-order chi connectivity index (χ1) is 12.6. The van der Waals surface area contributed by atoms with Crippen LogP contribution in [0.4, 0.5) is 5.69 Å². The zero-order chi connectivity index (χ0) is 18.4. The number of hydrogen-bond donors (Lipinski definition) is 2. The summed E-state index contributed by atoms with van der Waals surface area (Å²) in [6, 6.07) is 0. The van der Waals surface area contributed by atoms with Gasteiger partial charge in [0.15, 0.2) is 0 Å². The van der Waals surface area contributed by atoms with Gasteiger partial charge in [-0.1, -0.05) is 0 Å². The van der Waals surface area contributed by atoms with Crippen molar-refractivity contribution in [3.63, 3.8) is 0 Å². The van der Waals surface area contributed by atoms with E-state index < -0.39 is 0 Å². The van der Waals surface area contributed by atoms with Gasteiger partial charge >= 0.3 is 0 Å². The molecule has 0 aromatic carbocycles. The highest BCUT2D eigenvalue weighted by molar-refractivity contribution is 5.90. The molecule has 2 N–H and O–H groups in total. The zero-order valence-corrected chi connectivity index (χ0v) is 18.1. The topological polar surface area (TPSA) is 82.5 Å². The number of carbonyl (C=O) groups excluding carboxylic acids is 2. The predicted molar refractivity (Wildman–Crippen MR) is 114 cm³/mol. The maximum atomic E-state index is 12.3. The number of halogens is 2. The molecule has 0 atom stereocenters. The van der Waals surface area contributed by atoms with E-state index in [0.717, 1.165) is 58.5 Å². The van der Waals surface area contributed by atoms with Crippen molar-refractivity contribution in [2.75, 3.05) is 51.6 Å². The molecular weight excluding hydrogens is 403 g/mol. The number of carbonyl (C=O) groups is 2. The standard InChI is InChI=1S/C18H30N6O2.2ClH/c1-22-8-10-23(11-9-22)18(26)14-24-13-16(12-20-24)21-17(25)3-2-15-4-6-19-7-5-15;;/h12-13,15,19H,2-11,14H2,1H3,(H,21,25);2*1H. The van der Waals surface area contributed by atoms with Gasteiger partial charge in [-0.15, -0.1) is 24.8 Å². The molecule has 8 nitrogen and oxygen atoms in total. The summed E-state index contributed by atoms with van der Waals surface area (Å²) in [6.07, 6.45) is 7.12. The third-order valence-corrected chi connectivity index (χ3v) is 5.31. The summed E-state index contributed by atoms with van der Waals surface area (Å²) < 4.78 is 1.60. The number of nitrogens with zero attached hydrogens (tertiary/aromatic N) is 4. The van der Waals surface area contributed by atoms with E-state index in [2.05, 4.69) is 27.7 Å². The lowest BCUT2D eigenvalue weighted by Gasteiger charge is -2.32. The minimum absolute atomic E-state index is 0.